The number of aromatic nitrogens is 1. The number of para-hydroxylation sites is 1. The molecule has 0 aliphatic carbocycles. The number of hydrogen-bond acceptors (Lipinski definition) is 2. The first-order valence-corrected chi connectivity index (χ1v) is 8.41. The molecule has 1 aromatic heterocycles. The van der Waals surface area contributed by atoms with Crippen molar-refractivity contribution in [1.82, 2.24) is 15.6 Å². The number of aliphatic imine (C=N–C) groups is 1. The Labute approximate surface area is 161 Å². The van der Waals surface area contributed by atoms with Gasteiger partial charge in [-0.2, -0.15) is 0 Å². The molecule has 0 atom stereocenters. The summed E-state index contributed by atoms with van der Waals surface area (Å²) in [5.41, 5.74) is 3.86. The van der Waals surface area contributed by atoms with Crippen LogP contribution in [0.3, 0.4) is 0 Å². The van der Waals surface area contributed by atoms with Crippen molar-refractivity contribution in [3.05, 3.63) is 35.5 Å². The largest absolute Gasteiger partial charge is 0.380 e. The number of fused-ring (bicyclic) bond motifs is 1. The molecule has 0 aliphatic heterocycles. The Kier molecular flexibility index (Phi) is 9.78. The Morgan fingerprint density at radius 2 is 2.08 bits per heavy atom. The van der Waals surface area contributed by atoms with Gasteiger partial charge in [0, 0.05) is 36.8 Å². The molecule has 0 saturated heterocycles. The van der Waals surface area contributed by atoms with Gasteiger partial charge in [-0.25, -0.2) is 0 Å². The van der Waals surface area contributed by atoms with Crippen molar-refractivity contribution in [2.75, 3.05) is 32.8 Å². The van der Waals surface area contributed by atoms with Gasteiger partial charge < -0.3 is 20.4 Å². The molecule has 134 valence electrons. The van der Waals surface area contributed by atoms with E-state index < -0.39 is 0 Å². The lowest BCUT2D eigenvalue weighted by Crippen LogP contribution is -2.38. The molecule has 0 saturated carbocycles. The van der Waals surface area contributed by atoms with Crippen LogP contribution in [-0.4, -0.2) is 43.8 Å². The zero-order valence-electron chi connectivity index (χ0n) is 14.8. The highest BCUT2D eigenvalue weighted by atomic mass is 127. The number of rotatable bonds is 8. The zero-order valence-corrected chi connectivity index (χ0v) is 17.1. The van der Waals surface area contributed by atoms with E-state index in [2.05, 4.69) is 58.9 Å². The second kappa shape index (κ2) is 11.3. The van der Waals surface area contributed by atoms with E-state index >= 15 is 0 Å². The van der Waals surface area contributed by atoms with Crippen LogP contribution < -0.4 is 10.6 Å². The topological polar surface area (TPSA) is 61.4 Å². The van der Waals surface area contributed by atoms with Crippen LogP contribution in [0.5, 0.6) is 0 Å². The maximum atomic E-state index is 5.32. The smallest absolute Gasteiger partial charge is 0.191 e. The number of nitrogens with one attached hydrogen (secondary N) is 3. The lowest BCUT2D eigenvalue weighted by molar-refractivity contribution is 0.155. The van der Waals surface area contributed by atoms with Crippen molar-refractivity contribution >= 4 is 40.8 Å². The molecule has 0 bridgehead atoms. The van der Waals surface area contributed by atoms with E-state index in [0.717, 1.165) is 32.1 Å². The van der Waals surface area contributed by atoms with E-state index in [1.807, 2.05) is 6.92 Å². The van der Waals surface area contributed by atoms with Crippen molar-refractivity contribution in [2.24, 2.45) is 4.99 Å². The van der Waals surface area contributed by atoms with Crippen molar-refractivity contribution in [3.8, 4) is 0 Å². The summed E-state index contributed by atoms with van der Waals surface area (Å²) in [5, 5.41) is 7.96. The number of ether oxygens (including phenoxy) is 1. The maximum Gasteiger partial charge on any atom is 0.191 e. The summed E-state index contributed by atoms with van der Waals surface area (Å²) in [6, 6.07) is 6.42. The second-order valence-corrected chi connectivity index (χ2v) is 5.45. The molecule has 0 unspecified atom stereocenters. The third-order valence-electron chi connectivity index (χ3n) is 3.75. The van der Waals surface area contributed by atoms with Crippen molar-refractivity contribution in [1.29, 1.82) is 0 Å². The highest BCUT2D eigenvalue weighted by molar-refractivity contribution is 14.0. The molecular weight excluding hydrogens is 415 g/mol. The molecule has 0 fully saturated rings. The van der Waals surface area contributed by atoms with Crippen LogP contribution in [0.15, 0.2) is 29.4 Å². The predicted octanol–water partition coefficient (Wildman–Crippen LogP) is 3.23. The van der Waals surface area contributed by atoms with Crippen molar-refractivity contribution < 1.29 is 4.74 Å². The van der Waals surface area contributed by atoms with Crippen LogP contribution in [0.2, 0.25) is 0 Å². The monoisotopic (exact) mass is 444 g/mol. The van der Waals surface area contributed by atoms with Gasteiger partial charge in [-0.15, -0.1) is 24.0 Å². The molecule has 0 spiro atoms. The standard InChI is InChI=1S/C18H28N4O.HI/c1-4-19-18(21-11-12-23-5-2)20-10-9-15-13-22-17-14(3)7-6-8-16(15)17;/h6-8,13,22H,4-5,9-12H2,1-3H3,(H2,19,20,21);1H. The summed E-state index contributed by atoms with van der Waals surface area (Å²) >= 11 is 0. The summed E-state index contributed by atoms with van der Waals surface area (Å²) in [4.78, 5) is 7.89. The molecule has 1 heterocycles. The third-order valence-corrected chi connectivity index (χ3v) is 3.75. The van der Waals surface area contributed by atoms with Gasteiger partial charge in [-0.05, 0) is 38.3 Å². The quantitative estimate of drug-likeness (QED) is 0.254. The summed E-state index contributed by atoms with van der Waals surface area (Å²) in [7, 11) is 0. The molecule has 5 nitrogen and oxygen atoms in total. The van der Waals surface area contributed by atoms with E-state index in [9.17, 15) is 0 Å². The first-order chi connectivity index (χ1) is 11.3. The zero-order chi connectivity index (χ0) is 16.5. The van der Waals surface area contributed by atoms with Crippen LogP contribution in [0.25, 0.3) is 10.9 Å². The molecule has 3 N–H and O–H groups in total. The average molecular weight is 444 g/mol. The number of benzene rings is 1. The third kappa shape index (κ3) is 5.98. The maximum absolute atomic E-state index is 5.32. The molecule has 0 amide bonds. The minimum atomic E-state index is 0. The Hall–Kier alpha value is -1.28. The molecule has 2 aromatic rings. The van der Waals surface area contributed by atoms with Gasteiger partial charge in [0.1, 0.15) is 0 Å². The molecule has 0 radical (unpaired) electrons. The summed E-state index contributed by atoms with van der Waals surface area (Å²) in [6.07, 6.45) is 3.07. The first kappa shape index (κ1) is 20.8. The minimum Gasteiger partial charge on any atom is -0.380 e. The summed E-state index contributed by atoms with van der Waals surface area (Å²) in [6.45, 7) is 9.98. The predicted molar refractivity (Wildman–Crippen MR) is 113 cm³/mol. The second-order valence-electron chi connectivity index (χ2n) is 5.45. The normalized spacial score (nSPS) is 11.4. The number of halogens is 1. The number of aryl methyl sites for hydroxylation is 1. The van der Waals surface area contributed by atoms with Gasteiger partial charge in [-0.3, -0.25) is 4.99 Å². The van der Waals surface area contributed by atoms with Crippen LogP contribution in [0, 0.1) is 6.92 Å². The fraction of sp³-hybridized carbons (Fsp3) is 0.500. The number of nitrogens with zero attached hydrogens (tertiary/aromatic N) is 1. The lowest BCUT2D eigenvalue weighted by atomic mass is 10.1. The first-order valence-electron chi connectivity index (χ1n) is 8.41. The van der Waals surface area contributed by atoms with Crippen LogP contribution in [0.4, 0.5) is 0 Å². The SMILES string of the molecule is CCNC(=NCCOCC)NCCc1c[nH]c2c(C)cccc12.I. The van der Waals surface area contributed by atoms with Crippen molar-refractivity contribution in [2.45, 2.75) is 27.2 Å². The Balaban J connectivity index is 0.00000288. The van der Waals surface area contributed by atoms with Crippen LogP contribution in [0.1, 0.15) is 25.0 Å². The van der Waals surface area contributed by atoms with Gasteiger partial charge in [0.05, 0.1) is 13.2 Å². The fourth-order valence-corrected chi connectivity index (χ4v) is 2.59. The van der Waals surface area contributed by atoms with Gasteiger partial charge in [-0.1, -0.05) is 18.2 Å². The molecular formula is C18H29IN4O. The number of hydrogen-bond donors (Lipinski definition) is 3. The van der Waals surface area contributed by atoms with Gasteiger partial charge >= 0.3 is 0 Å². The molecule has 1 aromatic carbocycles. The number of guanidine groups is 1. The fourth-order valence-electron chi connectivity index (χ4n) is 2.59. The Morgan fingerprint density at radius 3 is 2.83 bits per heavy atom. The molecule has 6 heteroatoms. The summed E-state index contributed by atoms with van der Waals surface area (Å²) < 4.78 is 5.32. The van der Waals surface area contributed by atoms with E-state index in [0.29, 0.717) is 13.2 Å². The average Bonchev–Trinajstić information content (AvgIpc) is 2.96. The van der Waals surface area contributed by atoms with Crippen molar-refractivity contribution in [3.63, 3.8) is 0 Å². The van der Waals surface area contributed by atoms with E-state index in [-0.39, 0.29) is 24.0 Å². The van der Waals surface area contributed by atoms with Crippen LogP contribution >= 0.6 is 24.0 Å². The molecule has 2 rings (SSSR count). The Bertz CT molecular complexity index is 639. The summed E-state index contributed by atoms with van der Waals surface area (Å²) in [5.74, 6) is 0.850. The van der Waals surface area contributed by atoms with Crippen LogP contribution in [-0.2, 0) is 11.2 Å². The molecule has 0 aliphatic rings. The van der Waals surface area contributed by atoms with Gasteiger partial charge in [0.2, 0.25) is 0 Å². The van der Waals surface area contributed by atoms with E-state index in [1.165, 1.54) is 22.0 Å². The number of aromatic amines is 1. The highest BCUT2D eigenvalue weighted by Gasteiger charge is 2.05. The Morgan fingerprint density at radius 1 is 1.25 bits per heavy atom. The van der Waals surface area contributed by atoms with E-state index in [1.54, 1.807) is 0 Å². The van der Waals surface area contributed by atoms with E-state index in [4.69, 9.17) is 4.74 Å². The minimum absolute atomic E-state index is 0. The van der Waals surface area contributed by atoms with Gasteiger partial charge in [0.15, 0.2) is 5.96 Å². The number of H-pyrrole nitrogens is 1. The highest BCUT2D eigenvalue weighted by Crippen LogP contribution is 2.21. The van der Waals surface area contributed by atoms with Gasteiger partial charge in [0.25, 0.3) is 0 Å². The molecule has 24 heavy (non-hydrogen) atoms. The lowest BCUT2D eigenvalue weighted by Gasteiger charge is -2.11.